The van der Waals surface area contributed by atoms with Gasteiger partial charge in [0.05, 0.1) is 18.1 Å². The average molecular weight is 412 g/mol. The molecule has 2 rings (SSSR count). The van der Waals surface area contributed by atoms with E-state index in [-0.39, 0.29) is 23.1 Å². The van der Waals surface area contributed by atoms with Gasteiger partial charge in [-0.1, -0.05) is 26.0 Å². The first kappa shape index (κ1) is 22.3. The number of nitrogens with zero attached hydrogens (tertiary/aromatic N) is 1. The molecule has 1 aromatic carbocycles. The van der Waals surface area contributed by atoms with Crippen molar-refractivity contribution in [1.82, 2.24) is 15.2 Å². The number of sulfonamides is 1. The highest BCUT2D eigenvalue weighted by Gasteiger charge is 2.26. The van der Waals surface area contributed by atoms with E-state index in [2.05, 4.69) is 10.9 Å². The Morgan fingerprint density at radius 2 is 1.61 bits per heavy atom. The number of carbonyl (C=O) groups excluding carboxylic acids is 2. The highest BCUT2D eigenvalue weighted by Crippen LogP contribution is 2.18. The van der Waals surface area contributed by atoms with Crippen LogP contribution in [0.4, 0.5) is 0 Å². The van der Waals surface area contributed by atoms with Gasteiger partial charge in [-0.2, -0.15) is 4.31 Å². The van der Waals surface area contributed by atoms with Gasteiger partial charge in [-0.25, -0.2) is 8.42 Å². The molecule has 1 fully saturated rings. The van der Waals surface area contributed by atoms with Crippen LogP contribution in [0.3, 0.4) is 0 Å². The summed E-state index contributed by atoms with van der Waals surface area (Å²) >= 11 is 0. The topological polar surface area (TPSA) is 105 Å². The van der Waals surface area contributed by atoms with E-state index in [0.29, 0.717) is 45.1 Å². The van der Waals surface area contributed by atoms with Crippen LogP contribution in [-0.4, -0.2) is 50.8 Å². The molecule has 0 unspecified atom stereocenters. The van der Waals surface area contributed by atoms with Crippen molar-refractivity contribution < 1.29 is 22.7 Å². The number of ether oxygens (including phenoxy) is 1. The minimum atomic E-state index is -3.51. The van der Waals surface area contributed by atoms with Crippen LogP contribution in [0, 0.1) is 5.92 Å². The smallest absolute Gasteiger partial charge is 0.243 e. The Hall–Kier alpha value is -1.97. The molecule has 1 saturated heterocycles. The van der Waals surface area contributed by atoms with Gasteiger partial charge < -0.3 is 4.74 Å². The number of rotatable bonds is 8. The Labute approximate surface area is 166 Å². The van der Waals surface area contributed by atoms with Gasteiger partial charge in [-0.3, -0.25) is 20.4 Å². The Balaban J connectivity index is 1.79. The number of hydrazine groups is 1. The summed E-state index contributed by atoms with van der Waals surface area (Å²) in [4.78, 5) is 23.7. The third-order valence-electron chi connectivity index (χ3n) is 4.46. The van der Waals surface area contributed by atoms with Crippen molar-refractivity contribution in [2.45, 2.75) is 44.4 Å². The molecule has 156 valence electrons. The molecule has 1 heterocycles. The first-order valence-electron chi connectivity index (χ1n) is 9.53. The van der Waals surface area contributed by atoms with E-state index in [0.717, 1.165) is 12.0 Å². The van der Waals surface area contributed by atoms with Crippen molar-refractivity contribution in [2.24, 2.45) is 5.92 Å². The van der Waals surface area contributed by atoms with E-state index >= 15 is 0 Å². The fraction of sp³-hybridized carbons (Fsp3) is 0.579. The van der Waals surface area contributed by atoms with E-state index in [4.69, 9.17) is 4.74 Å². The molecule has 0 aliphatic carbocycles. The van der Waals surface area contributed by atoms with Crippen LogP contribution in [0.2, 0.25) is 0 Å². The largest absolute Gasteiger partial charge is 0.379 e. The second-order valence-corrected chi connectivity index (χ2v) is 9.13. The molecule has 28 heavy (non-hydrogen) atoms. The van der Waals surface area contributed by atoms with Crippen LogP contribution in [0.25, 0.3) is 0 Å². The zero-order valence-corrected chi connectivity index (χ0v) is 17.3. The number of aryl methyl sites for hydroxylation is 1. The molecule has 0 atom stereocenters. The van der Waals surface area contributed by atoms with E-state index in [1.807, 2.05) is 13.8 Å². The quantitative estimate of drug-likeness (QED) is 0.626. The van der Waals surface area contributed by atoms with Gasteiger partial charge in [0, 0.05) is 25.9 Å². The molecule has 1 aromatic rings. The van der Waals surface area contributed by atoms with Crippen LogP contribution in [0.15, 0.2) is 29.2 Å². The molecule has 0 spiro atoms. The number of hydrogen-bond donors (Lipinski definition) is 2. The van der Waals surface area contributed by atoms with Crippen molar-refractivity contribution in [2.75, 3.05) is 26.3 Å². The molecule has 1 aliphatic heterocycles. The third-order valence-corrected chi connectivity index (χ3v) is 6.37. The maximum Gasteiger partial charge on any atom is 0.243 e. The SMILES string of the molecule is CC(C)CCC(=O)NNC(=O)CCc1ccc(S(=O)(=O)N2CCOCC2)cc1. The summed E-state index contributed by atoms with van der Waals surface area (Å²) < 4.78 is 31.8. The normalized spacial score (nSPS) is 15.4. The second kappa shape index (κ2) is 10.5. The number of hydrogen-bond acceptors (Lipinski definition) is 5. The summed E-state index contributed by atoms with van der Waals surface area (Å²) in [6, 6.07) is 6.54. The van der Waals surface area contributed by atoms with E-state index < -0.39 is 10.0 Å². The van der Waals surface area contributed by atoms with Gasteiger partial charge in [0.1, 0.15) is 0 Å². The van der Waals surface area contributed by atoms with Crippen LogP contribution < -0.4 is 10.9 Å². The van der Waals surface area contributed by atoms with Crippen molar-refractivity contribution >= 4 is 21.8 Å². The summed E-state index contributed by atoms with van der Waals surface area (Å²) in [6.45, 7) is 5.58. The van der Waals surface area contributed by atoms with Crippen molar-refractivity contribution in [1.29, 1.82) is 0 Å². The van der Waals surface area contributed by atoms with Gasteiger partial charge in [-0.15, -0.1) is 0 Å². The van der Waals surface area contributed by atoms with Gasteiger partial charge in [0.2, 0.25) is 21.8 Å². The molecule has 0 bridgehead atoms. The van der Waals surface area contributed by atoms with Gasteiger partial charge in [0.25, 0.3) is 0 Å². The lowest BCUT2D eigenvalue weighted by Crippen LogP contribution is -2.41. The fourth-order valence-corrected chi connectivity index (χ4v) is 4.11. The van der Waals surface area contributed by atoms with Gasteiger partial charge in [0.15, 0.2) is 0 Å². The zero-order chi connectivity index (χ0) is 20.6. The van der Waals surface area contributed by atoms with E-state index in [1.165, 1.54) is 4.31 Å². The first-order chi connectivity index (χ1) is 13.3. The van der Waals surface area contributed by atoms with E-state index in [1.54, 1.807) is 24.3 Å². The van der Waals surface area contributed by atoms with Crippen molar-refractivity contribution in [3.63, 3.8) is 0 Å². The Morgan fingerprint density at radius 3 is 2.18 bits per heavy atom. The van der Waals surface area contributed by atoms with Crippen LogP contribution in [-0.2, 0) is 30.8 Å². The molecule has 0 radical (unpaired) electrons. The third kappa shape index (κ3) is 6.88. The molecule has 9 heteroatoms. The Bertz CT molecular complexity index is 756. The summed E-state index contributed by atoms with van der Waals surface area (Å²) in [5.41, 5.74) is 5.66. The summed E-state index contributed by atoms with van der Waals surface area (Å²) in [6.07, 6.45) is 1.78. The number of morpholine rings is 1. The van der Waals surface area contributed by atoms with Crippen molar-refractivity contribution in [3.8, 4) is 0 Å². The van der Waals surface area contributed by atoms with Crippen LogP contribution in [0.5, 0.6) is 0 Å². The average Bonchev–Trinajstić information content (AvgIpc) is 2.70. The Kier molecular flexibility index (Phi) is 8.40. The molecular weight excluding hydrogens is 382 g/mol. The molecule has 1 aliphatic rings. The van der Waals surface area contributed by atoms with Gasteiger partial charge in [-0.05, 0) is 36.5 Å². The first-order valence-corrected chi connectivity index (χ1v) is 11.0. The summed E-state index contributed by atoms with van der Waals surface area (Å²) in [5.74, 6) is -0.0703. The molecule has 8 nitrogen and oxygen atoms in total. The molecule has 0 aromatic heterocycles. The number of amides is 2. The van der Waals surface area contributed by atoms with Crippen molar-refractivity contribution in [3.05, 3.63) is 29.8 Å². The fourth-order valence-electron chi connectivity index (χ4n) is 2.71. The monoisotopic (exact) mass is 411 g/mol. The predicted octanol–water partition coefficient (Wildman–Crippen LogP) is 1.22. The number of carbonyl (C=O) groups is 2. The predicted molar refractivity (Wildman–Crippen MR) is 105 cm³/mol. The number of benzene rings is 1. The van der Waals surface area contributed by atoms with Crippen LogP contribution in [0.1, 0.15) is 38.7 Å². The molecule has 0 saturated carbocycles. The standard InChI is InChI=1S/C19H29N3O5S/c1-15(2)3-9-18(23)20-21-19(24)10-6-16-4-7-17(8-5-16)28(25,26)22-11-13-27-14-12-22/h4-5,7-8,15H,3,6,9-14H2,1-2H3,(H,20,23)(H,21,24). The summed E-state index contributed by atoms with van der Waals surface area (Å²) in [7, 11) is -3.51. The lowest BCUT2D eigenvalue weighted by molar-refractivity contribution is -0.129. The van der Waals surface area contributed by atoms with Gasteiger partial charge >= 0.3 is 0 Å². The zero-order valence-electron chi connectivity index (χ0n) is 16.4. The Morgan fingerprint density at radius 1 is 1.04 bits per heavy atom. The minimum Gasteiger partial charge on any atom is -0.379 e. The highest BCUT2D eigenvalue weighted by molar-refractivity contribution is 7.89. The van der Waals surface area contributed by atoms with E-state index in [9.17, 15) is 18.0 Å². The maximum atomic E-state index is 12.6. The molecule has 2 amide bonds. The summed E-state index contributed by atoms with van der Waals surface area (Å²) in [5, 5.41) is 0. The number of nitrogens with one attached hydrogen (secondary N) is 2. The lowest BCUT2D eigenvalue weighted by Gasteiger charge is -2.26. The highest BCUT2D eigenvalue weighted by atomic mass is 32.2. The maximum absolute atomic E-state index is 12.6. The minimum absolute atomic E-state index is 0.194. The van der Waals surface area contributed by atoms with Crippen LogP contribution >= 0.6 is 0 Å². The lowest BCUT2D eigenvalue weighted by atomic mass is 10.1. The molecule has 2 N–H and O–H groups in total. The second-order valence-electron chi connectivity index (χ2n) is 7.19. The molecular formula is C19H29N3O5S.